The molecule has 0 heterocycles. The summed E-state index contributed by atoms with van der Waals surface area (Å²) in [6.45, 7) is 4.10. The van der Waals surface area contributed by atoms with Crippen LogP contribution in [0.25, 0.3) is 0 Å². The summed E-state index contributed by atoms with van der Waals surface area (Å²) < 4.78 is 0. The van der Waals surface area contributed by atoms with Crippen LogP contribution in [0.15, 0.2) is 0 Å². The van der Waals surface area contributed by atoms with Crippen LogP contribution in [0.1, 0.15) is 129 Å². The van der Waals surface area contributed by atoms with Crippen molar-refractivity contribution in [1.29, 1.82) is 0 Å². The fraction of sp³-hybridized carbons (Fsp3) is 0.909. The first-order chi connectivity index (χ1) is 13.6. The van der Waals surface area contributed by atoms with E-state index in [1.54, 1.807) is 0 Å². The molecule has 0 rings (SSSR count). The van der Waals surface area contributed by atoms with Gasteiger partial charge in [0, 0.05) is 12.8 Å². The first-order valence-corrected chi connectivity index (χ1v) is 11.3. The highest BCUT2D eigenvalue weighted by Crippen LogP contribution is 2.13. The normalized spacial score (nSPS) is 10.1. The van der Waals surface area contributed by atoms with Crippen LogP contribution in [-0.4, -0.2) is 22.5 Å². The number of hydrogen-bond acceptors (Lipinski definition) is 6. The van der Waals surface area contributed by atoms with Gasteiger partial charge in [-0.05, 0) is 12.8 Å². The maximum absolute atomic E-state index is 10.7. The van der Waals surface area contributed by atoms with E-state index in [1.165, 1.54) is 83.5 Å². The fourth-order valence-electron chi connectivity index (χ4n) is 2.94. The molecule has 2 N–H and O–H groups in total. The van der Waals surface area contributed by atoms with E-state index in [4.69, 9.17) is 10.5 Å². The van der Waals surface area contributed by atoms with Crippen molar-refractivity contribution in [1.82, 2.24) is 0 Å². The van der Waals surface area contributed by atoms with Gasteiger partial charge in [-0.1, -0.05) is 104 Å². The van der Waals surface area contributed by atoms with E-state index in [2.05, 4.69) is 16.7 Å². The van der Waals surface area contributed by atoms with Crippen molar-refractivity contribution in [3.05, 3.63) is 0 Å². The van der Waals surface area contributed by atoms with Gasteiger partial charge in [-0.25, -0.2) is 9.59 Å². The number of hydrogen-bond donors (Lipinski definition) is 2. The molecule has 6 heteroatoms. The predicted molar refractivity (Wildman–Crippen MR) is 112 cm³/mol. The molecule has 0 aliphatic heterocycles. The molecule has 0 amide bonds. The standard InChI is InChI=1S/C18H36O3.C4H8O3/c1-2-3-4-5-6-7-8-9-10-11-12-13-14-15-16-17-18(19)21-20;1-2-3-4(5)7-6/h20H,2-17H2,1H3;6H,2-3H2,1H3. The smallest absolute Gasteiger partial charge is 0.301 e. The summed E-state index contributed by atoms with van der Waals surface area (Å²) in [6.07, 6.45) is 21.0. The molecule has 0 aromatic rings. The number of carbonyl (C=O) groups excluding carboxylic acids is 2. The van der Waals surface area contributed by atoms with Gasteiger partial charge < -0.3 is 9.78 Å². The highest BCUT2D eigenvalue weighted by molar-refractivity contribution is 5.68. The Morgan fingerprint density at radius 2 is 0.821 bits per heavy atom. The van der Waals surface area contributed by atoms with Crippen LogP contribution in [0, 0.1) is 0 Å². The molecule has 0 aromatic heterocycles. The molecule has 28 heavy (non-hydrogen) atoms. The Kier molecular flexibility index (Phi) is 26.8. The Bertz CT molecular complexity index is 333. The molecule has 0 saturated heterocycles. The predicted octanol–water partition coefficient (Wildman–Crippen LogP) is 7.07. The van der Waals surface area contributed by atoms with E-state index in [0.717, 1.165) is 12.8 Å². The number of carbonyl (C=O) groups is 2. The van der Waals surface area contributed by atoms with Gasteiger partial charge in [0.15, 0.2) is 0 Å². The maximum atomic E-state index is 10.7. The Labute approximate surface area is 171 Å². The Morgan fingerprint density at radius 3 is 1.11 bits per heavy atom. The number of rotatable bonds is 18. The highest BCUT2D eigenvalue weighted by Gasteiger charge is 2.00. The van der Waals surface area contributed by atoms with Crippen LogP contribution >= 0.6 is 0 Å². The summed E-state index contributed by atoms with van der Waals surface area (Å²) in [5.41, 5.74) is 0. The molecule has 0 aliphatic carbocycles. The quantitative estimate of drug-likeness (QED) is 0.144. The Balaban J connectivity index is 0. The average molecular weight is 405 g/mol. The highest BCUT2D eigenvalue weighted by atomic mass is 17.1. The summed E-state index contributed by atoms with van der Waals surface area (Å²) in [6, 6.07) is 0. The molecule has 0 bridgehead atoms. The largest absolute Gasteiger partial charge is 0.342 e. The molecular weight excluding hydrogens is 360 g/mol. The van der Waals surface area contributed by atoms with E-state index in [9.17, 15) is 9.59 Å². The summed E-state index contributed by atoms with van der Waals surface area (Å²) in [5, 5.41) is 15.7. The minimum atomic E-state index is -0.567. The van der Waals surface area contributed by atoms with Crippen molar-refractivity contribution in [2.75, 3.05) is 0 Å². The summed E-state index contributed by atoms with van der Waals surface area (Å²) in [4.78, 5) is 27.6. The summed E-state index contributed by atoms with van der Waals surface area (Å²) in [7, 11) is 0. The van der Waals surface area contributed by atoms with Crippen LogP contribution in [0.4, 0.5) is 0 Å². The third kappa shape index (κ3) is 27.1. The van der Waals surface area contributed by atoms with Gasteiger partial charge in [-0.2, -0.15) is 10.5 Å². The summed E-state index contributed by atoms with van der Waals surface area (Å²) in [5.74, 6) is -1.08. The third-order valence-corrected chi connectivity index (χ3v) is 4.64. The maximum Gasteiger partial charge on any atom is 0.342 e. The van der Waals surface area contributed by atoms with Crippen LogP contribution < -0.4 is 0 Å². The van der Waals surface area contributed by atoms with Gasteiger partial charge in [0.05, 0.1) is 0 Å². The van der Waals surface area contributed by atoms with Crippen molar-refractivity contribution < 1.29 is 29.9 Å². The van der Waals surface area contributed by atoms with Gasteiger partial charge >= 0.3 is 11.9 Å². The van der Waals surface area contributed by atoms with E-state index in [1.807, 2.05) is 6.92 Å². The van der Waals surface area contributed by atoms with E-state index >= 15 is 0 Å². The molecule has 0 aromatic carbocycles. The minimum Gasteiger partial charge on any atom is -0.301 e. The van der Waals surface area contributed by atoms with Crippen LogP contribution in [0.3, 0.4) is 0 Å². The SMILES string of the molecule is CCCC(=O)OO.CCCCCCCCCCCCCCCCCC(=O)OO. The Morgan fingerprint density at radius 1 is 0.500 bits per heavy atom. The molecule has 0 spiro atoms. The topological polar surface area (TPSA) is 93.1 Å². The van der Waals surface area contributed by atoms with E-state index in [0.29, 0.717) is 12.8 Å². The lowest BCUT2D eigenvalue weighted by atomic mass is 10.0. The minimum absolute atomic E-state index is 0.288. The fourth-order valence-corrected chi connectivity index (χ4v) is 2.94. The molecule has 0 radical (unpaired) electrons. The second kappa shape index (κ2) is 25.9. The van der Waals surface area contributed by atoms with Crippen LogP contribution in [0.2, 0.25) is 0 Å². The lowest BCUT2D eigenvalue weighted by molar-refractivity contribution is -0.234. The van der Waals surface area contributed by atoms with Gasteiger partial charge in [0.25, 0.3) is 0 Å². The van der Waals surface area contributed by atoms with Crippen molar-refractivity contribution in [3.8, 4) is 0 Å². The van der Waals surface area contributed by atoms with Crippen molar-refractivity contribution >= 4 is 11.9 Å². The van der Waals surface area contributed by atoms with Crippen molar-refractivity contribution in [3.63, 3.8) is 0 Å². The van der Waals surface area contributed by atoms with Gasteiger partial charge in [0.1, 0.15) is 0 Å². The summed E-state index contributed by atoms with van der Waals surface area (Å²) >= 11 is 0. The second-order valence-electron chi connectivity index (χ2n) is 7.38. The molecule has 6 nitrogen and oxygen atoms in total. The van der Waals surface area contributed by atoms with E-state index < -0.39 is 11.9 Å². The van der Waals surface area contributed by atoms with Crippen LogP contribution in [-0.2, 0) is 19.4 Å². The van der Waals surface area contributed by atoms with Crippen LogP contribution in [0.5, 0.6) is 0 Å². The number of unbranched alkanes of at least 4 members (excludes halogenated alkanes) is 14. The molecule has 0 unspecified atom stereocenters. The zero-order valence-electron chi connectivity index (χ0n) is 18.3. The molecular formula is C22H44O6. The van der Waals surface area contributed by atoms with E-state index in [-0.39, 0.29) is 6.42 Å². The Hall–Kier alpha value is -1.14. The molecule has 168 valence electrons. The monoisotopic (exact) mass is 404 g/mol. The van der Waals surface area contributed by atoms with Crippen molar-refractivity contribution in [2.24, 2.45) is 0 Å². The third-order valence-electron chi connectivity index (χ3n) is 4.64. The molecule has 0 aliphatic rings. The molecule has 0 saturated carbocycles. The lowest BCUT2D eigenvalue weighted by Crippen LogP contribution is -1.99. The average Bonchev–Trinajstić information content (AvgIpc) is 2.71. The zero-order valence-corrected chi connectivity index (χ0v) is 18.3. The van der Waals surface area contributed by atoms with Gasteiger partial charge in [-0.15, -0.1) is 0 Å². The van der Waals surface area contributed by atoms with Gasteiger partial charge in [-0.3, -0.25) is 0 Å². The molecule has 0 atom stereocenters. The lowest BCUT2D eigenvalue weighted by Gasteiger charge is -2.03. The van der Waals surface area contributed by atoms with Gasteiger partial charge in [0.2, 0.25) is 0 Å². The first-order valence-electron chi connectivity index (χ1n) is 11.3. The molecule has 0 fully saturated rings. The van der Waals surface area contributed by atoms with Crippen molar-refractivity contribution in [2.45, 2.75) is 129 Å². The first kappa shape index (κ1) is 29.1. The second-order valence-corrected chi connectivity index (χ2v) is 7.38. The zero-order chi connectivity index (χ0) is 21.3.